The molecule has 1 aromatic rings. The molecule has 2 atom stereocenters. The Labute approximate surface area is 164 Å². The van der Waals surface area contributed by atoms with E-state index in [1.165, 1.54) is 5.56 Å². The Bertz CT molecular complexity index is 589. The van der Waals surface area contributed by atoms with Crippen molar-refractivity contribution in [1.82, 2.24) is 10.6 Å². The van der Waals surface area contributed by atoms with Gasteiger partial charge >= 0.3 is 0 Å². The van der Waals surface area contributed by atoms with Crippen LogP contribution in [0.2, 0.25) is 0 Å². The first-order valence-electron chi connectivity index (χ1n) is 9.29. The van der Waals surface area contributed by atoms with Gasteiger partial charge in [0.05, 0.1) is 12.1 Å². The van der Waals surface area contributed by atoms with E-state index < -0.39 is 6.04 Å². The molecule has 0 saturated heterocycles. The topological polar surface area (TPSA) is 110 Å². The Morgan fingerprint density at radius 1 is 1.04 bits per heavy atom. The molecule has 0 fully saturated rings. The second-order valence-corrected chi connectivity index (χ2v) is 8.94. The zero-order valence-corrected chi connectivity index (χ0v) is 17.9. The third kappa shape index (κ3) is 10.2. The molecule has 0 aliphatic heterocycles. The van der Waals surface area contributed by atoms with Gasteiger partial charge in [-0.3, -0.25) is 4.79 Å². The van der Waals surface area contributed by atoms with E-state index in [0.29, 0.717) is 6.54 Å². The summed E-state index contributed by atoms with van der Waals surface area (Å²) in [6, 6.07) is 7.32. The quantitative estimate of drug-likeness (QED) is 0.566. The summed E-state index contributed by atoms with van der Waals surface area (Å²) in [4.78, 5) is 22.0. The van der Waals surface area contributed by atoms with Crippen LogP contribution in [0.15, 0.2) is 24.3 Å². The predicted octanol–water partition coefficient (Wildman–Crippen LogP) is 1.95. The van der Waals surface area contributed by atoms with Gasteiger partial charge in [0.2, 0.25) is 5.91 Å². The summed E-state index contributed by atoms with van der Waals surface area (Å²) in [5, 5.41) is 6.00. The molecule has 0 radical (unpaired) electrons. The highest BCUT2D eigenvalue weighted by Gasteiger charge is 2.27. The molecule has 0 aliphatic carbocycles. The van der Waals surface area contributed by atoms with E-state index in [4.69, 9.17) is 11.5 Å². The molecule has 0 bridgehead atoms. The summed E-state index contributed by atoms with van der Waals surface area (Å²) in [5.41, 5.74) is 13.3. The lowest BCUT2D eigenvalue weighted by Gasteiger charge is -2.25. The maximum absolute atomic E-state index is 11.9. The number of aldehydes is 1. The first-order valence-corrected chi connectivity index (χ1v) is 9.29. The summed E-state index contributed by atoms with van der Waals surface area (Å²) in [6.45, 7) is 13.0. The van der Waals surface area contributed by atoms with Crippen LogP contribution in [-0.4, -0.2) is 31.3 Å². The normalized spacial score (nSPS) is 13.8. The monoisotopic (exact) mass is 378 g/mol. The molecule has 2 unspecified atom stereocenters. The zero-order chi connectivity index (χ0) is 21.3. The second-order valence-electron chi connectivity index (χ2n) is 8.94. The lowest BCUT2D eigenvalue weighted by Crippen LogP contribution is -2.48. The molecule has 6 nitrogen and oxygen atoms in total. The SMILES string of the molecule is CC(C)(C)C(N)C=O.CNCc1cccc(CNC(=O)C(N)C(C)(C)C)c1. The highest BCUT2D eigenvalue weighted by Crippen LogP contribution is 2.17. The van der Waals surface area contributed by atoms with Crippen LogP contribution in [0.3, 0.4) is 0 Å². The van der Waals surface area contributed by atoms with Gasteiger partial charge in [-0.05, 0) is 29.0 Å². The minimum atomic E-state index is -0.493. The fourth-order valence-electron chi connectivity index (χ4n) is 1.95. The summed E-state index contributed by atoms with van der Waals surface area (Å²) in [5.74, 6) is -0.105. The summed E-state index contributed by atoms with van der Waals surface area (Å²) in [7, 11) is 1.91. The smallest absolute Gasteiger partial charge is 0.237 e. The maximum atomic E-state index is 11.9. The van der Waals surface area contributed by atoms with E-state index in [9.17, 15) is 9.59 Å². The lowest BCUT2D eigenvalue weighted by molar-refractivity contribution is -0.124. The van der Waals surface area contributed by atoms with Crippen molar-refractivity contribution in [3.63, 3.8) is 0 Å². The van der Waals surface area contributed by atoms with Crippen LogP contribution in [-0.2, 0) is 22.7 Å². The van der Waals surface area contributed by atoms with Gasteiger partial charge in [0, 0.05) is 13.1 Å². The molecule has 1 amide bonds. The van der Waals surface area contributed by atoms with Crippen LogP contribution in [0.5, 0.6) is 0 Å². The number of hydrogen-bond donors (Lipinski definition) is 4. The van der Waals surface area contributed by atoms with Gasteiger partial charge in [0.25, 0.3) is 0 Å². The summed E-state index contributed by atoms with van der Waals surface area (Å²) in [6.07, 6.45) is 0.778. The van der Waals surface area contributed by atoms with Crippen LogP contribution >= 0.6 is 0 Å². The molecule has 0 aromatic heterocycles. The van der Waals surface area contributed by atoms with Crippen molar-refractivity contribution in [1.29, 1.82) is 0 Å². The van der Waals surface area contributed by atoms with Crippen molar-refractivity contribution in [2.45, 2.75) is 66.7 Å². The van der Waals surface area contributed by atoms with Crippen molar-refractivity contribution in [3.05, 3.63) is 35.4 Å². The summed E-state index contributed by atoms with van der Waals surface area (Å²) < 4.78 is 0. The van der Waals surface area contributed by atoms with Crippen molar-refractivity contribution in [2.75, 3.05) is 7.05 Å². The zero-order valence-electron chi connectivity index (χ0n) is 17.9. The van der Waals surface area contributed by atoms with E-state index in [-0.39, 0.29) is 22.8 Å². The summed E-state index contributed by atoms with van der Waals surface area (Å²) >= 11 is 0. The van der Waals surface area contributed by atoms with Crippen LogP contribution in [0.25, 0.3) is 0 Å². The molecule has 27 heavy (non-hydrogen) atoms. The van der Waals surface area contributed by atoms with Crippen LogP contribution in [0.4, 0.5) is 0 Å². The van der Waals surface area contributed by atoms with Crippen LogP contribution in [0, 0.1) is 10.8 Å². The van der Waals surface area contributed by atoms with Crippen molar-refractivity contribution in [3.8, 4) is 0 Å². The Kier molecular flexibility index (Phi) is 10.4. The predicted molar refractivity (Wildman–Crippen MR) is 112 cm³/mol. The highest BCUT2D eigenvalue weighted by atomic mass is 16.2. The first kappa shape index (κ1) is 25.2. The second kappa shape index (κ2) is 11.2. The molecule has 1 aromatic carbocycles. The van der Waals surface area contributed by atoms with E-state index in [1.807, 2.05) is 60.7 Å². The molecular weight excluding hydrogens is 340 g/mol. The standard InChI is InChI=1S/C15H25N3O.C6H13NO/c1-15(2,3)13(16)14(19)18-10-12-7-5-6-11(8-12)9-17-4;1-6(2,3)5(7)4-8/h5-8,13,17H,9-10,16H2,1-4H3,(H,18,19);4-5H,7H2,1-3H3. The minimum Gasteiger partial charge on any atom is -0.351 e. The average molecular weight is 379 g/mol. The van der Waals surface area contributed by atoms with Crippen molar-refractivity contribution in [2.24, 2.45) is 22.3 Å². The van der Waals surface area contributed by atoms with E-state index in [1.54, 1.807) is 0 Å². The lowest BCUT2D eigenvalue weighted by atomic mass is 9.87. The molecule has 6 N–H and O–H groups in total. The van der Waals surface area contributed by atoms with Gasteiger partial charge in [-0.15, -0.1) is 0 Å². The number of amides is 1. The number of nitrogens with two attached hydrogens (primary N) is 2. The number of carbonyl (C=O) groups is 2. The number of carbonyl (C=O) groups excluding carboxylic acids is 2. The largest absolute Gasteiger partial charge is 0.351 e. The molecule has 0 heterocycles. The third-order valence-electron chi connectivity index (χ3n) is 4.20. The number of nitrogens with one attached hydrogen (secondary N) is 2. The van der Waals surface area contributed by atoms with Gasteiger partial charge in [-0.25, -0.2) is 0 Å². The molecule has 6 heteroatoms. The number of rotatable bonds is 6. The maximum Gasteiger partial charge on any atom is 0.237 e. The Morgan fingerprint density at radius 3 is 1.93 bits per heavy atom. The van der Waals surface area contributed by atoms with Crippen LogP contribution in [0.1, 0.15) is 52.7 Å². The Balaban J connectivity index is 0.000000713. The van der Waals surface area contributed by atoms with Gasteiger partial charge < -0.3 is 26.9 Å². The Morgan fingerprint density at radius 2 is 1.56 bits per heavy atom. The molecule has 0 aliphatic rings. The van der Waals surface area contributed by atoms with Gasteiger partial charge in [0.15, 0.2) is 0 Å². The number of benzene rings is 1. The fourth-order valence-corrected chi connectivity index (χ4v) is 1.95. The van der Waals surface area contributed by atoms with Gasteiger partial charge in [-0.1, -0.05) is 65.8 Å². The minimum absolute atomic E-state index is 0.0816. The molecule has 1 rings (SSSR count). The molecule has 0 saturated carbocycles. The van der Waals surface area contributed by atoms with Gasteiger partial charge in [0.1, 0.15) is 6.29 Å². The van der Waals surface area contributed by atoms with E-state index >= 15 is 0 Å². The average Bonchev–Trinajstić information content (AvgIpc) is 2.57. The first-order chi connectivity index (χ1) is 12.3. The van der Waals surface area contributed by atoms with Crippen LogP contribution < -0.4 is 22.1 Å². The van der Waals surface area contributed by atoms with Crippen molar-refractivity contribution >= 4 is 12.2 Å². The van der Waals surface area contributed by atoms with Gasteiger partial charge in [-0.2, -0.15) is 0 Å². The van der Waals surface area contributed by atoms with Crippen molar-refractivity contribution < 1.29 is 9.59 Å². The fraction of sp³-hybridized carbons (Fsp3) is 0.619. The van der Waals surface area contributed by atoms with E-state index in [2.05, 4.69) is 22.8 Å². The van der Waals surface area contributed by atoms with E-state index in [0.717, 1.165) is 18.4 Å². The third-order valence-corrected chi connectivity index (χ3v) is 4.20. The molecular formula is C21H38N4O2. The molecule has 0 spiro atoms. The molecule has 154 valence electrons. The highest BCUT2D eigenvalue weighted by molar-refractivity contribution is 5.82. The Hall–Kier alpha value is -1.76. The number of hydrogen-bond acceptors (Lipinski definition) is 5.